The molecule has 0 saturated carbocycles. The van der Waals surface area contributed by atoms with Gasteiger partial charge in [-0.05, 0) is 64.2 Å². The summed E-state index contributed by atoms with van der Waals surface area (Å²) in [5, 5.41) is 9.65. The van der Waals surface area contributed by atoms with Crippen LogP contribution < -0.4 is 0 Å². The number of ether oxygens (including phenoxy) is 3. The summed E-state index contributed by atoms with van der Waals surface area (Å²) in [4.78, 5) is 37.1. The quantitative estimate of drug-likeness (QED) is 0.0282. The Balaban J connectivity index is 4.33. The lowest BCUT2D eigenvalue weighted by molar-refractivity contribution is -0.887. The minimum atomic E-state index is -0.880. The molecule has 0 saturated heterocycles. The van der Waals surface area contributed by atoms with Gasteiger partial charge in [0.2, 0.25) is 0 Å². The maximum atomic E-state index is 12.8. The fraction of sp³-hybridized carbons (Fsp3) is 0.722. The zero-order chi connectivity index (χ0) is 45.6. The van der Waals surface area contributed by atoms with E-state index in [1.807, 2.05) is 21.1 Å². The number of aliphatic carboxylic acids is 1. The summed E-state index contributed by atoms with van der Waals surface area (Å²) in [7, 11) is 5.52. The van der Waals surface area contributed by atoms with E-state index >= 15 is 0 Å². The average molecular weight is 869 g/mol. The van der Waals surface area contributed by atoms with Crippen molar-refractivity contribution in [3.8, 4) is 0 Å². The standard InChI is InChI=1S/C54H93NO7/c1-6-8-10-12-14-16-18-20-22-23-24-25-26-27-28-29-31-33-35-37-39-41-43-45-53(57)62-50(48-60-47-46-51(54(58)59)55(3,4)5)49-61-52(56)44-42-40-38-36-34-32-30-21-19-17-15-13-11-9-7-2/h8,10,14,16,20,22,24-25,27-28,31,33,50-51H,6-7,9,11-13,15,17-19,21,23,26,29-30,32,34-49H2,1-5H3/p+1/b10-8+,16-14+,22-20+,25-24+,28-27+,33-31+. The van der Waals surface area contributed by atoms with E-state index < -0.39 is 18.1 Å². The van der Waals surface area contributed by atoms with Crippen molar-refractivity contribution in [3.63, 3.8) is 0 Å². The van der Waals surface area contributed by atoms with Gasteiger partial charge >= 0.3 is 17.9 Å². The van der Waals surface area contributed by atoms with Crippen molar-refractivity contribution in [2.24, 2.45) is 0 Å². The monoisotopic (exact) mass is 869 g/mol. The molecule has 1 N–H and O–H groups in total. The van der Waals surface area contributed by atoms with Crippen molar-refractivity contribution in [2.45, 2.75) is 212 Å². The van der Waals surface area contributed by atoms with Crippen molar-refractivity contribution >= 4 is 17.9 Å². The predicted molar refractivity (Wildman–Crippen MR) is 261 cm³/mol. The Morgan fingerprint density at radius 1 is 0.500 bits per heavy atom. The van der Waals surface area contributed by atoms with Gasteiger partial charge in [-0.15, -0.1) is 0 Å². The number of nitrogens with zero attached hydrogens (tertiary/aromatic N) is 1. The van der Waals surface area contributed by atoms with E-state index in [0.717, 1.165) is 89.9 Å². The van der Waals surface area contributed by atoms with Crippen molar-refractivity contribution < 1.29 is 38.2 Å². The second-order valence-corrected chi connectivity index (χ2v) is 17.7. The van der Waals surface area contributed by atoms with Gasteiger partial charge in [-0.2, -0.15) is 0 Å². The molecule has 0 aliphatic heterocycles. The minimum Gasteiger partial charge on any atom is -0.477 e. The summed E-state index contributed by atoms with van der Waals surface area (Å²) in [6, 6.07) is -0.622. The van der Waals surface area contributed by atoms with Crippen molar-refractivity contribution in [1.29, 1.82) is 0 Å². The highest BCUT2D eigenvalue weighted by Crippen LogP contribution is 2.15. The molecule has 0 amide bonds. The number of carbonyl (C=O) groups is 3. The van der Waals surface area contributed by atoms with E-state index in [2.05, 4.69) is 86.8 Å². The molecule has 0 aromatic carbocycles. The van der Waals surface area contributed by atoms with Gasteiger partial charge in [0, 0.05) is 19.3 Å². The molecular formula is C54H94NO7+. The van der Waals surface area contributed by atoms with Crippen LogP contribution in [-0.4, -0.2) is 80.6 Å². The van der Waals surface area contributed by atoms with E-state index in [1.165, 1.54) is 77.0 Å². The van der Waals surface area contributed by atoms with Gasteiger partial charge in [0.25, 0.3) is 0 Å². The van der Waals surface area contributed by atoms with E-state index in [0.29, 0.717) is 19.3 Å². The first-order chi connectivity index (χ1) is 30.1. The number of allylic oxidation sites excluding steroid dienone is 12. The molecule has 0 bridgehead atoms. The topological polar surface area (TPSA) is 99.1 Å². The molecule has 0 aliphatic rings. The van der Waals surface area contributed by atoms with E-state index in [9.17, 15) is 19.5 Å². The van der Waals surface area contributed by atoms with Crippen LogP contribution in [-0.2, 0) is 28.6 Å². The molecule has 8 nitrogen and oxygen atoms in total. The zero-order valence-corrected chi connectivity index (χ0v) is 40.6. The number of quaternary nitrogens is 1. The Kier molecular flexibility index (Phi) is 42.1. The van der Waals surface area contributed by atoms with Crippen LogP contribution in [0.15, 0.2) is 72.9 Å². The van der Waals surface area contributed by atoms with Crippen LogP contribution in [0, 0.1) is 0 Å². The summed E-state index contributed by atoms with van der Waals surface area (Å²) in [6.45, 7) is 4.60. The molecule has 0 aromatic rings. The number of carboxylic acids is 1. The smallest absolute Gasteiger partial charge is 0.362 e. The predicted octanol–water partition coefficient (Wildman–Crippen LogP) is 14.3. The SMILES string of the molecule is CC/C=C/C/C=C/C/C=C/C/C=C/C/C=C/C/C=C/CCCCCCC(=O)OC(COCCC(C(=O)O)[N+](C)(C)C)COC(=O)CCCCCCCCCCCCCCCCC. The minimum absolute atomic E-state index is 0.0490. The summed E-state index contributed by atoms with van der Waals surface area (Å²) in [5.74, 6) is -1.50. The third-order valence-electron chi connectivity index (χ3n) is 10.9. The van der Waals surface area contributed by atoms with Crippen LogP contribution >= 0.6 is 0 Å². The maximum absolute atomic E-state index is 12.8. The molecule has 62 heavy (non-hydrogen) atoms. The first-order valence-corrected chi connectivity index (χ1v) is 25.0. The first kappa shape index (κ1) is 58.8. The van der Waals surface area contributed by atoms with Gasteiger partial charge in [-0.3, -0.25) is 9.59 Å². The largest absolute Gasteiger partial charge is 0.477 e. The molecule has 0 rings (SSSR count). The molecule has 0 spiro atoms. The zero-order valence-electron chi connectivity index (χ0n) is 40.6. The third kappa shape index (κ3) is 42.1. The van der Waals surface area contributed by atoms with Gasteiger partial charge in [0.1, 0.15) is 6.61 Å². The van der Waals surface area contributed by atoms with Crippen molar-refractivity contribution in [1.82, 2.24) is 0 Å². The number of carboxylic acid groups (broad SMARTS) is 1. The number of esters is 2. The molecule has 2 unspecified atom stereocenters. The Hall–Kier alpha value is -3.23. The summed E-state index contributed by atoms with van der Waals surface area (Å²) >= 11 is 0. The normalized spacial score (nSPS) is 13.5. The lowest BCUT2D eigenvalue weighted by Gasteiger charge is -2.31. The average Bonchev–Trinajstić information content (AvgIpc) is 3.23. The van der Waals surface area contributed by atoms with E-state index in [1.54, 1.807) is 0 Å². The van der Waals surface area contributed by atoms with E-state index in [4.69, 9.17) is 14.2 Å². The molecule has 0 radical (unpaired) electrons. The second-order valence-electron chi connectivity index (χ2n) is 17.7. The number of hydrogen-bond acceptors (Lipinski definition) is 6. The summed E-state index contributed by atoms with van der Waals surface area (Å²) in [5.41, 5.74) is 0. The van der Waals surface area contributed by atoms with Crippen LogP contribution in [0.4, 0.5) is 0 Å². The number of rotatable bonds is 44. The highest BCUT2D eigenvalue weighted by molar-refractivity contribution is 5.72. The third-order valence-corrected chi connectivity index (χ3v) is 10.9. The summed E-state index contributed by atoms with van der Waals surface area (Å²) in [6.07, 6.45) is 56.6. The Bertz CT molecular complexity index is 1240. The molecule has 8 heteroatoms. The lowest BCUT2D eigenvalue weighted by atomic mass is 10.0. The fourth-order valence-corrected chi connectivity index (χ4v) is 7.04. The Labute approximate surface area is 381 Å². The first-order valence-electron chi connectivity index (χ1n) is 25.0. The second kappa shape index (κ2) is 44.4. The van der Waals surface area contributed by atoms with Gasteiger partial charge in [-0.1, -0.05) is 189 Å². The maximum Gasteiger partial charge on any atom is 0.362 e. The molecule has 0 aromatic heterocycles. The van der Waals surface area contributed by atoms with Crippen LogP contribution in [0.25, 0.3) is 0 Å². The van der Waals surface area contributed by atoms with Crippen LogP contribution in [0.1, 0.15) is 200 Å². The Morgan fingerprint density at radius 3 is 1.34 bits per heavy atom. The van der Waals surface area contributed by atoms with Crippen LogP contribution in [0.5, 0.6) is 0 Å². The fourth-order valence-electron chi connectivity index (χ4n) is 7.04. The van der Waals surface area contributed by atoms with E-state index in [-0.39, 0.29) is 36.2 Å². The van der Waals surface area contributed by atoms with Crippen LogP contribution in [0.2, 0.25) is 0 Å². The molecule has 0 aliphatic carbocycles. The molecule has 0 heterocycles. The molecule has 2 atom stereocenters. The number of carbonyl (C=O) groups excluding carboxylic acids is 2. The van der Waals surface area contributed by atoms with Gasteiger partial charge in [-0.25, -0.2) is 4.79 Å². The lowest BCUT2D eigenvalue weighted by Crippen LogP contribution is -2.50. The molecular weight excluding hydrogens is 775 g/mol. The van der Waals surface area contributed by atoms with Crippen LogP contribution in [0.3, 0.4) is 0 Å². The van der Waals surface area contributed by atoms with Gasteiger partial charge < -0.3 is 23.8 Å². The van der Waals surface area contributed by atoms with Crippen molar-refractivity contribution in [2.75, 3.05) is 41.0 Å². The van der Waals surface area contributed by atoms with Crippen molar-refractivity contribution in [3.05, 3.63) is 72.9 Å². The highest BCUT2D eigenvalue weighted by Gasteiger charge is 2.31. The summed E-state index contributed by atoms with van der Waals surface area (Å²) < 4.78 is 17.3. The number of likely N-dealkylation sites (N-methyl/N-ethyl adjacent to an activating group) is 1. The van der Waals surface area contributed by atoms with Gasteiger partial charge in [0.05, 0.1) is 34.4 Å². The highest BCUT2D eigenvalue weighted by atomic mass is 16.6. The Morgan fingerprint density at radius 2 is 0.903 bits per heavy atom. The van der Waals surface area contributed by atoms with Gasteiger partial charge in [0.15, 0.2) is 12.1 Å². The number of unbranched alkanes of at least 4 members (excludes halogenated alkanes) is 18. The molecule has 356 valence electrons. The molecule has 0 fully saturated rings. The number of hydrogen-bond donors (Lipinski definition) is 1.